The van der Waals surface area contributed by atoms with Crippen LogP contribution >= 0.6 is 0 Å². The van der Waals surface area contributed by atoms with Crippen molar-refractivity contribution in [3.8, 4) is 23.0 Å². The lowest BCUT2D eigenvalue weighted by Crippen LogP contribution is -2.49. The van der Waals surface area contributed by atoms with Crippen LogP contribution in [-0.4, -0.2) is 89.5 Å². The molecule has 2 aromatic heterocycles. The Bertz CT molecular complexity index is 1760. The highest BCUT2D eigenvalue weighted by Gasteiger charge is 2.42. The number of rotatable bonds is 4. The standard InChI is InChI=1S/C27H26F2N4O4.C7H12FN/c1-3-17-20(28)6-5-15-11-16(34)12-18(21(15)17)23-22(29)24-19(13-30-23)25(32-26(31-24)35-2)33-8-4-7-27(14-33)36-9-10-37-27;8-6-4-7-2-1-3-9(7)5-6/h5-6,11-13,34H,3-4,7-10,14H2,1-2H3;6-7H,1-5H2. The largest absolute Gasteiger partial charge is 0.508 e. The molecule has 4 fully saturated rings. The van der Waals surface area contributed by atoms with Gasteiger partial charge in [-0.3, -0.25) is 9.88 Å². The predicted molar refractivity (Wildman–Crippen MR) is 168 cm³/mol. The molecule has 2 aromatic carbocycles. The molecule has 0 radical (unpaired) electrons. The molecule has 4 aliphatic heterocycles. The van der Waals surface area contributed by atoms with E-state index in [1.807, 2.05) is 11.8 Å². The van der Waals surface area contributed by atoms with E-state index in [0.29, 0.717) is 72.9 Å². The number of ether oxygens (including phenoxy) is 3. The number of phenolic OH excluding ortho intramolecular Hbond substituents is 1. The summed E-state index contributed by atoms with van der Waals surface area (Å²) in [7, 11) is 1.42. The number of hydrogen-bond donors (Lipinski definition) is 1. The van der Waals surface area contributed by atoms with E-state index < -0.39 is 23.6 Å². The van der Waals surface area contributed by atoms with Gasteiger partial charge >= 0.3 is 6.01 Å². The van der Waals surface area contributed by atoms with Crippen LogP contribution < -0.4 is 9.64 Å². The molecule has 0 aliphatic carbocycles. The average Bonchev–Trinajstić information content (AvgIpc) is 3.78. The first-order valence-electron chi connectivity index (χ1n) is 16.0. The second-order valence-electron chi connectivity index (χ2n) is 12.4. The van der Waals surface area contributed by atoms with E-state index in [-0.39, 0.29) is 28.5 Å². The van der Waals surface area contributed by atoms with Crippen LogP contribution in [0.25, 0.3) is 32.9 Å². The molecule has 1 spiro atoms. The minimum Gasteiger partial charge on any atom is -0.508 e. The van der Waals surface area contributed by atoms with Crippen LogP contribution in [-0.2, 0) is 15.9 Å². The minimum absolute atomic E-state index is 0.00694. The highest BCUT2D eigenvalue weighted by molar-refractivity contribution is 6.01. The Kier molecular flexibility index (Phi) is 8.37. The van der Waals surface area contributed by atoms with E-state index in [9.17, 15) is 13.9 Å². The van der Waals surface area contributed by atoms with Gasteiger partial charge in [-0.2, -0.15) is 9.97 Å². The zero-order chi connectivity index (χ0) is 32.0. The zero-order valence-corrected chi connectivity index (χ0v) is 26.1. The second kappa shape index (κ2) is 12.5. The minimum atomic E-state index is -0.713. The number of alkyl halides is 1. The molecule has 0 amide bonds. The summed E-state index contributed by atoms with van der Waals surface area (Å²) in [5.74, 6) is -1.43. The number of phenols is 1. The van der Waals surface area contributed by atoms with Crippen LogP contribution in [0.15, 0.2) is 30.5 Å². The number of benzene rings is 2. The summed E-state index contributed by atoms with van der Waals surface area (Å²) in [6.45, 7) is 5.84. The molecule has 12 heteroatoms. The normalized spacial score (nSPS) is 22.4. The van der Waals surface area contributed by atoms with Crippen molar-refractivity contribution in [2.45, 2.75) is 63.4 Å². The van der Waals surface area contributed by atoms with Crippen molar-refractivity contribution < 1.29 is 32.5 Å². The van der Waals surface area contributed by atoms with E-state index in [1.54, 1.807) is 6.07 Å². The lowest BCUT2D eigenvalue weighted by Gasteiger charge is -2.39. The monoisotopic (exact) mass is 637 g/mol. The summed E-state index contributed by atoms with van der Waals surface area (Å²) in [5, 5.41) is 11.9. The Morgan fingerprint density at radius 2 is 1.93 bits per heavy atom. The van der Waals surface area contributed by atoms with Crippen LogP contribution in [0.2, 0.25) is 0 Å². The first-order chi connectivity index (χ1) is 22.3. The number of halogens is 3. The Balaban J connectivity index is 0.000000321. The number of aromatic hydroxyl groups is 1. The molecule has 244 valence electrons. The lowest BCUT2D eigenvalue weighted by molar-refractivity contribution is -0.161. The fourth-order valence-corrected chi connectivity index (χ4v) is 7.50. The number of piperidine rings is 1. The molecule has 2 unspecified atom stereocenters. The van der Waals surface area contributed by atoms with Crippen molar-refractivity contribution in [1.82, 2.24) is 19.9 Å². The van der Waals surface area contributed by atoms with Crippen LogP contribution in [0.3, 0.4) is 0 Å². The van der Waals surface area contributed by atoms with Crippen molar-refractivity contribution in [2.24, 2.45) is 0 Å². The Hall–Kier alpha value is -3.74. The third-order valence-electron chi connectivity index (χ3n) is 9.58. The molecule has 8 rings (SSSR count). The highest BCUT2D eigenvalue weighted by atomic mass is 19.1. The molecular weight excluding hydrogens is 599 g/mol. The number of hydrogen-bond acceptors (Lipinski definition) is 9. The first-order valence-corrected chi connectivity index (χ1v) is 16.0. The van der Waals surface area contributed by atoms with Crippen molar-refractivity contribution in [1.29, 1.82) is 0 Å². The Morgan fingerprint density at radius 1 is 1.11 bits per heavy atom. The molecule has 4 aromatic rings. The van der Waals surface area contributed by atoms with Gasteiger partial charge in [0.1, 0.15) is 34.8 Å². The van der Waals surface area contributed by atoms with Gasteiger partial charge in [0, 0.05) is 37.3 Å². The zero-order valence-electron chi connectivity index (χ0n) is 26.1. The van der Waals surface area contributed by atoms with E-state index >= 15 is 4.39 Å². The molecule has 0 bridgehead atoms. The SMILES string of the molecule is CCc1c(F)ccc2cc(O)cc(-c3ncc4c(N5CCCC6(C5)OCCO6)nc(OC)nc4c3F)c12.FC1CC2CCCN2C1. The molecule has 4 aliphatic rings. The number of aromatic nitrogens is 3. The van der Waals surface area contributed by atoms with E-state index in [2.05, 4.69) is 19.9 Å². The number of pyridine rings is 1. The second-order valence-corrected chi connectivity index (χ2v) is 12.4. The fourth-order valence-electron chi connectivity index (χ4n) is 7.50. The van der Waals surface area contributed by atoms with Crippen LogP contribution in [0.1, 0.15) is 44.6 Å². The van der Waals surface area contributed by atoms with Crippen molar-refractivity contribution in [2.75, 3.05) is 51.4 Å². The van der Waals surface area contributed by atoms with Crippen molar-refractivity contribution in [3.63, 3.8) is 0 Å². The topological polar surface area (TPSA) is 93.1 Å². The van der Waals surface area contributed by atoms with Crippen LogP contribution in [0, 0.1) is 11.6 Å². The van der Waals surface area contributed by atoms with Crippen molar-refractivity contribution in [3.05, 3.63) is 47.7 Å². The molecule has 9 nitrogen and oxygen atoms in total. The molecule has 2 atom stereocenters. The number of methoxy groups -OCH3 is 1. The number of fused-ring (bicyclic) bond motifs is 3. The smallest absolute Gasteiger partial charge is 0.318 e. The van der Waals surface area contributed by atoms with Gasteiger partial charge in [0.2, 0.25) is 0 Å². The summed E-state index contributed by atoms with van der Waals surface area (Å²) in [6, 6.07) is 6.46. The predicted octanol–water partition coefficient (Wildman–Crippen LogP) is 5.94. The van der Waals surface area contributed by atoms with Gasteiger partial charge in [-0.25, -0.2) is 13.2 Å². The van der Waals surface area contributed by atoms with Gasteiger partial charge < -0.3 is 24.2 Å². The molecule has 1 N–H and O–H groups in total. The summed E-state index contributed by atoms with van der Waals surface area (Å²) >= 11 is 0. The maximum atomic E-state index is 16.3. The maximum Gasteiger partial charge on any atom is 0.318 e. The first kappa shape index (κ1) is 30.9. The summed E-state index contributed by atoms with van der Waals surface area (Å²) in [5.41, 5.74) is 0.683. The number of anilines is 1. The number of nitrogens with zero attached hydrogens (tertiary/aromatic N) is 5. The summed E-state index contributed by atoms with van der Waals surface area (Å²) in [4.78, 5) is 17.6. The maximum absolute atomic E-state index is 16.3. The van der Waals surface area contributed by atoms with E-state index in [4.69, 9.17) is 14.2 Å². The third kappa shape index (κ3) is 5.60. The van der Waals surface area contributed by atoms with Gasteiger partial charge in [-0.05, 0) is 73.2 Å². The van der Waals surface area contributed by atoms with Gasteiger partial charge in [0.05, 0.1) is 32.3 Å². The van der Waals surface area contributed by atoms with Gasteiger partial charge in [0.25, 0.3) is 0 Å². The molecular formula is C34H38F3N5O4. The summed E-state index contributed by atoms with van der Waals surface area (Å²) in [6.07, 6.45) is 6.29. The average molecular weight is 638 g/mol. The van der Waals surface area contributed by atoms with Crippen LogP contribution in [0.5, 0.6) is 11.8 Å². The lowest BCUT2D eigenvalue weighted by atomic mass is 9.94. The van der Waals surface area contributed by atoms with Gasteiger partial charge in [-0.1, -0.05) is 13.0 Å². The van der Waals surface area contributed by atoms with Gasteiger partial charge in [0.15, 0.2) is 11.6 Å². The van der Waals surface area contributed by atoms with Crippen molar-refractivity contribution >= 4 is 27.5 Å². The van der Waals surface area contributed by atoms with E-state index in [0.717, 1.165) is 25.8 Å². The quantitative estimate of drug-likeness (QED) is 0.292. The molecule has 6 heterocycles. The van der Waals surface area contributed by atoms with Crippen LogP contribution in [0.4, 0.5) is 19.0 Å². The number of aryl methyl sites for hydroxylation is 1. The molecule has 46 heavy (non-hydrogen) atoms. The van der Waals surface area contributed by atoms with E-state index in [1.165, 1.54) is 44.3 Å². The Labute approximate surface area is 265 Å². The highest BCUT2D eigenvalue weighted by Crippen LogP contribution is 2.40. The molecule has 4 saturated heterocycles. The van der Waals surface area contributed by atoms with Gasteiger partial charge in [-0.15, -0.1) is 0 Å². The summed E-state index contributed by atoms with van der Waals surface area (Å²) < 4.78 is 60.7. The third-order valence-corrected chi connectivity index (χ3v) is 9.58. The molecule has 0 saturated carbocycles. The Morgan fingerprint density at radius 3 is 2.70 bits per heavy atom. The fraction of sp³-hybridized carbons (Fsp3) is 0.500.